The van der Waals surface area contributed by atoms with Crippen LogP contribution >= 0.6 is 0 Å². The first kappa shape index (κ1) is 12.0. The minimum atomic E-state index is -1.02. The number of hydrogen-bond donors (Lipinski definition) is 1. The third-order valence-electron chi connectivity index (χ3n) is 2.33. The third-order valence-corrected chi connectivity index (χ3v) is 2.33. The Labute approximate surface area is 89.0 Å². The molecular weight excluding hydrogens is 198 g/mol. The molecule has 1 aliphatic rings. The summed E-state index contributed by atoms with van der Waals surface area (Å²) in [5.41, 5.74) is 0. The Bertz CT molecular complexity index is 252. The number of carboxylic acids is 1. The predicted molar refractivity (Wildman–Crippen MR) is 53.4 cm³/mol. The molecule has 0 radical (unpaired) electrons. The highest BCUT2D eigenvalue weighted by Gasteiger charge is 2.41. The number of β-lactam (4-membered cyclic amide) rings is 1. The maximum Gasteiger partial charge on any atom is 0.317 e. The molecule has 1 saturated heterocycles. The van der Waals surface area contributed by atoms with Crippen LogP contribution in [0.4, 0.5) is 0 Å². The molecule has 0 aliphatic carbocycles. The normalized spacial score (nSPS) is 20.6. The van der Waals surface area contributed by atoms with Crippen LogP contribution in [0.5, 0.6) is 0 Å². The number of hydrogen-bond acceptors (Lipinski definition) is 3. The second-order valence-corrected chi connectivity index (χ2v) is 3.95. The lowest BCUT2D eigenvalue weighted by Crippen LogP contribution is -2.55. The van der Waals surface area contributed by atoms with Gasteiger partial charge in [-0.1, -0.05) is 0 Å². The molecule has 5 heteroatoms. The van der Waals surface area contributed by atoms with Gasteiger partial charge < -0.3 is 14.7 Å². The minimum Gasteiger partial charge on any atom is -0.481 e. The molecule has 1 fully saturated rings. The number of likely N-dealkylation sites (tertiary alicyclic amines) is 1. The monoisotopic (exact) mass is 215 g/mol. The van der Waals surface area contributed by atoms with Gasteiger partial charge in [0.2, 0.25) is 5.91 Å². The van der Waals surface area contributed by atoms with Crippen LogP contribution in [-0.4, -0.2) is 47.7 Å². The summed E-state index contributed by atoms with van der Waals surface area (Å²) in [6.07, 6.45) is 0.958. The number of ether oxygens (including phenoxy) is 1. The zero-order chi connectivity index (χ0) is 11.4. The molecule has 1 heterocycles. The lowest BCUT2D eigenvalue weighted by atomic mass is 9.99. The van der Waals surface area contributed by atoms with E-state index in [9.17, 15) is 9.59 Å². The van der Waals surface area contributed by atoms with E-state index in [1.807, 2.05) is 13.8 Å². The molecular formula is C10H17NO4. The number of carboxylic acid groups (broad SMARTS) is 1. The first-order valence-corrected chi connectivity index (χ1v) is 5.15. The molecule has 1 N–H and O–H groups in total. The Hall–Kier alpha value is -1.10. The number of carbonyl (C=O) groups is 2. The van der Waals surface area contributed by atoms with Crippen molar-refractivity contribution in [2.24, 2.45) is 5.92 Å². The molecule has 0 bridgehead atoms. The second-order valence-electron chi connectivity index (χ2n) is 3.95. The number of aliphatic carboxylic acids is 1. The molecule has 0 aromatic heterocycles. The molecule has 5 nitrogen and oxygen atoms in total. The van der Waals surface area contributed by atoms with Crippen molar-refractivity contribution in [2.75, 3.05) is 19.7 Å². The van der Waals surface area contributed by atoms with Gasteiger partial charge in [-0.25, -0.2) is 0 Å². The minimum absolute atomic E-state index is 0.198. The van der Waals surface area contributed by atoms with Crippen LogP contribution in [0.25, 0.3) is 0 Å². The van der Waals surface area contributed by atoms with Gasteiger partial charge in [-0.3, -0.25) is 9.59 Å². The average molecular weight is 215 g/mol. The number of rotatable bonds is 6. The smallest absolute Gasteiger partial charge is 0.317 e. The number of amides is 1. The summed E-state index contributed by atoms with van der Waals surface area (Å²) in [5, 5.41) is 8.59. The fraction of sp³-hybridized carbons (Fsp3) is 0.800. The predicted octanol–water partition coefficient (Wildman–Crippen LogP) is 0.344. The molecule has 1 amide bonds. The van der Waals surface area contributed by atoms with E-state index in [4.69, 9.17) is 9.84 Å². The van der Waals surface area contributed by atoms with E-state index in [0.717, 1.165) is 6.42 Å². The zero-order valence-electron chi connectivity index (χ0n) is 9.10. The van der Waals surface area contributed by atoms with E-state index < -0.39 is 11.9 Å². The third kappa shape index (κ3) is 3.20. The van der Waals surface area contributed by atoms with Crippen molar-refractivity contribution in [3.05, 3.63) is 0 Å². The molecule has 0 aromatic carbocycles. The lowest BCUT2D eigenvalue weighted by molar-refractivity contribution is -0.162. The largest absolute Gasteiger partial charge is 0.481 e. The summed E-state index contributed by atoms with van der Waals surface area (Å²) >= 11 is 0. The summed E-state index contributed by atoms with van der Waals surface area (Å²) in [4.78, 5) is 23.3. The first-order valence-electron chi connectivity index (χ1n) is 5.15. The van der Waals surface area contributed by atoms with Gasteiger partial charge in [0.25, 0.3) is 0 Å². The SMILES string of the molecule is CC(C)OCCCN1CC(C(=O)O)C1=O. The van der Waals surface area contributed by atoms with Crippen molar-refractivity contribution in [3.8, 4) is 0 Å². The molecule has 86 valence electrons. The summed E-state index contributed by atoms with van der Waals surface area (Å²) in [6.45, 7) is 5.45. The van der Waals surface area contributed by atoms with Crippen molar-refractivity contribution in [2.45, 2.75) is 26.4 Å². The Balaban J connectivity index is 2.11. The number of nitrogens with zero attached hydrogens (tertiary/aromatic N) is 1. The van der Waals surface area contributed by atoms with E-state index in [1.54, 1.807) is 4.90 Å². The van der Waals surface area contributed by atoms with Crippen molar-refractivity contribution in [1.82, 2.24) is 4.90 Å². The Kier molecular flexibility index (Phi) is 4.08. The summed E-state index contributed by atoms with van der Waals surface area (Å²) in [6, 6.07) is 0. The van der Waals surface area contributed by atoms with Crippen LogP contribution in [0.1, 0.15) is 20.3 Å². The summed E-state index contributed by atoms with van der Waals surface area (Å²) < 4.78 is 5.32. The molecule has 1 atom stereocenters. The molecule has 15 heavy (non-hydrogen) atoms. The fourth-order valence-corrected chi connectivity index (χ4v) is 1.46. The van der Waals surface area contributed by atoms with Crippen LogP contribution in [0, 0.1) is 5.92 Å². The summed E-state index contributed by atoms with van der Waals surface area (Å²) in [5.74, 6) is -2.10. The van der Waals surface area contributed by atoms with Gasteiger partial charge in [-0.15, -0.1) is 0 Å². The van der Waals surface area contributed by atoms with E-state index in [-0.39, 0.29) is 12.0 Å². The van der Waals surface area contributed by atoms with Gasteiger partial charge in [-0.2, -0.15) is 0 Å². The van der Waals surface area contributed by atoms with E-state index in [1.165, 1.54) is 0 Å². The van der Waals surface area contributed by atoms with E-state index in [0.29, 0.717) is 19.7 Å². The van der Waals surface area contributed by atoms with Gasteiger partial charge in [0, 0.05) is 19.7 Å². The van der Waals surface area contributed by atoms with Crippen molar-refractivity contribution >= 4 is 11.9 Å². The van der Waals surface area contributed by atoms with E-state index >= 15 is 0 Å². The Morgan fingerprint density at radius 2 is 2.33 bits per heavy atom. The Morgan fingerprint density at radius 1 is 1.67 bits per heavy atom. The topological polar surface area (TPSA) is 66.8 Å². The van der Waals surface area contributed by atoms with Crippen molar-refractivity contribution in [1.29, 1.82) is 0 Å². The zero-order valence-corrected chi connectivity index (χ0v) is 9.10. The summed E-state index contributed by atoms with van der Waals surface area (Å²) in [7, 11) is 0. The first-order chi connectivity index (χ1) is 7.02. The van der Waals surface area contributed by atoms with E-state index in [2.05, 4.69) is 0 Å². The molecule has 0 aromatic rings. The van der Waals surface area contributed by atoms with Crippen LogP contribution in [0.3, 0.4) is 0 Å². The second kappa shape index (κ2) is 5.11. The molecule has 1 aliphatic heterocycles. The van der Waals surface area contributed by atoms with Crippen molar-refractivity contribution < 1.29 is 19.4 Å². The van der Waals surface area contributed by atoms with Gasteiger partial charge in [-0.05, 0) is 20.3 Å². The standard InChI is InChI=1S/C10H17NO4/c1-7(2)15-5-3-4-11-6-8(9(11)12)10(13)14/h7-8H,3-6H2,1-2H3,(H,13,14). The molecule has 0 spiro atoms. The van der Waals surface area contributed by atoms with Gasteiger partial charge in [0.15, 0.2) is 5.92 Å². The highest BCUT2D eigenvalue weighted by molar-refractivity contribution is 6.01. The molecule has 0 saturated carbocycles. The van der Waals surface area contributed by atoms with Gasteiger partial charge in [0.05, 0.1) is 6.10 Å². The van der Waals surface area contributed by atoms with Gasteiger partial charge in [0.1, 0.15) is 0 Å². The average Bonchev–Trinajstić information content (AvgIpc) is 2.13. The van der Waals surface area contributed by atoms with Gasteiger partial charge >= 0.3 is 5.97 Å². The van der Waals surface area contributed by atoms with Crippen LogP contribution < -0.4 is 0 Å². The highest BCUT2D eigenvalue weighted by atomic mass is 16.5. The maximum atomic E-state index is 11.2. The Morgan fingerprint density at radius 3 is 2.80 bits per heavy atom. The molecule has 1 unspecified atom stereocenters. The fourth-order valence-electron chi connectivity index (χ4n) is 1.46. The molecule has 1 rings (SSSR count). The van der Waals surface area contributed by atoms with Crippen LogP contribution in [-0.2, 0) is 14.3 Å². The van der Waals surface area contributed by atoms with Crippen LogP contribution in [0.15, 0.2) is 0 Å². The quantitative estimate of drug-likeness (QED) is 0.394. The van der Waals surface area contributed by atoms with Crippen LogP contribution in [0.2, 0.25) is 0 Å². The highest BCUT2D eigenvalue weighted by Crippen LogP contribution is 2.17. The van der Waals surface area contributed by atoms with Crippen molar-refractivity contribution in [3.63, 3.8) is 0 Å². The lowest BCUT2D eigenvalue weighted by Gasteiger charge is -2.35. The maximum absolute atomic E-state index is 11.2. The number of carbonyl (C=O) groups excluding carboxylic acids is 1.